The zero-order valence-electron chi connectivity index (χ0n) is 9.32. The summed E-state index contributed by atoms with van der Waals surface area (Å²) in [5.74, 6) is -0.0597. The number of ether oxygens (including phenoxy) is 1. The summed E-state index contributed by atoms with van der Waals surface area (Å²) < 4.78 is 7.42. The maximum atomic E-state index is 12.0. The fraction of sp³-hybridized carbons (Fsp3) is 0.600. The van der Waals surface area contributed by atoms with Crippen LogP contribution in [0.1, 0.15) is 37.3 Å². The molecule has 1 rings (SSSR count). The molecule has 0 aromatic carbocycles. The van der Waals surface area contributed by atoms with Crippen LogP contribution in [0, 0.1) is 0 Å². The van der Waals surface area contributed by atoms with Gasteiger partial charge in [-0.15, -0.1) is 0 Å². The van der Waals surface area contributed by atoms with Gasteiger partial charge in [-0.2, -0.15) is 5.10 Å². The van der Waals surface area contributed by atoms with Crippen molar-refractivity contribution in [1.29, 1.82) is 0 Å². The lowest BCUT2D eigenvalue weighted by atomic mass is 10.2. The van der Waals surface area contributed by atoms with Gasteiger partial charge in [0.2, 0.25) is 5.78 Å². The van der Waals surface area contributed by atoms with Crippen molar-refractivity contribution in [3.63, 3.8) is 0 Å². The van der Waals surface area contributed by atoms with Crippen LogP contribution in [0.15, 0.2) is 10.7 Å². The Morgan fingerprint density at radius 2 is 2.13 bits per heavy atom. The van der Waals surface area contributed by atoms with E-state index in [1.165, 1.54) is 7.11 Å². The van der Waals surface area contributed by atoms with Crippen LogP contribution >= 0.6 is 15.9 Å². The first-order chi connectivity index (χ1) is 6.99. The third kappa shape index (κ3) is 2.46. The summed E-state index contributed by atoms with van der Waals surface area (Å²) in [5.41, 5.74) is 0.569. The van der Waals surface area contributed by atoms with E-state index >= 15 is 0 Å². The molecule has 1 heterocycles. The molecule has 0 saturated heterocycles. The predicted molar refractivity (Wildman–Crippen MR) is 61.1 cm³/mol. The number of carbonyl (C=O) groups is 1. The molecule has 0 bridgehead atoms. The normalized spacial score (nSPS) is 13.2. The molecule has 0 aliphatic heterocycles. The zero-order chi connectivity index (χ0) is 11.6. The van der Waals surface area contributed by atoms with E-state index < -0.39 is 6.10 Å². The smallest absolute Gasteiger partial charge is 0.210 e. The summed E-state index contributed by atoms with van der Waals surface area (Å²) in [5, 5.41) is 4.15. The predicted octanol–water partition coefficient (Wildman–Crippen LogP) is 2.44. The Labute approximate surface area is 97.7 Å². The molecule has 0 spiro atoms. The highest BCUT2D eigenvalue weighted by atomic mass is 79.9. The second kappa shape index (κ2) is 4.90. The number of rotatable bonds is 4. The number of methoxy groups -OCH3 is 1. The number of carbonyl (C=O) groups excluding carboxylic acids is 1. The van der Waals surface area contributed by atoms with Crippen LogP contribution in [0.25, 0.3) is 0 Å². The molecule has 1 atom stereocenters. The van der Waals surface area contributed by atoms with Crippen LogP contribution in [-0.4, -0.2) is 28.8 Å². The molecule has 4 nitrogen and oxygen atoms in total. The Bertz CT molecular complexity index is 360. The molecule has 1 aromatic rings. The first-order valence-corrected chi connectivity index (χ1v) is 5.58. The third-order valence-electron chi connectivity index (χ3n) is 2.20. The lowest BCUT2D eigenvalue weighted by molar-refractivity contribution is 0.0642. The van der Waals surface area contributed by atoms with Crippen molar-refractivity contribution < 1.29 is 9.53 Å². The van der Waals surface area contributed by atoms with Gasteiger partial charge in [-0.1, -0.05) is 0 Å². The van der Waals surface area contributed by atoms with E-state index in [1.807, 2.05) is 13.8 Å². The van der Waals surface area contributed by atoms with E-state index in [9.17, 15) is 4.79 Å². The third-order valence-corrected chi connectivity index (χ3v) is 2.78. The number of nitrogens with zero attached hydrogens (tertiary/aromatic N) is 2. The Balaban J connectivity index is 3.12. The van der Waals surface area contributed by atoms with Crippen molar-refractivity contribution in [1.82, 2.24) is 9.78 Å². The molecular weight excluding hydrogens is 260 g/mol. The second-order valence-corrected chi connectivity index (χ2v) is 4.48. The molecule has 84 valence electrons. The largest absolute Gasteiger partial charge is 0.374 e. The molecule has 0 aliphatic rings. The first kappa shape index (κ1) is 12.4. The topological polar surface area (TPSA) is 44.1 Å². The second-order valence-electron chi connectivity index (χ2n) is 3.62. The van der Waals surface area contributed by atoms with Crippen molar-refractivity contribution in [2.75, 3.05) is 7.11 Å². The molecule has 0 saturated carbocycles. The van der Waals surface area contributed by atoms with Crippen LogP contribution in [0.3, 0.4) is 0 Å². The number of aromatic nitrogens is 2. The van der Waals surface area contributed by atoms with Crippen LogP contribution in [0.4, 0.5) is 0 Å². The minimum Gasteiger partial charge on any atom is -0.374 e. The molecule has 15 heavy (non-hydrogen) atoms. The van der Waals surface area contributed by atoms with Crippen molar-refractivity contribution in [3.05, 3.63) is 16.4 Å². The fourth-order valence-corrected chi connectivity index (χ4v) is 1.73. The Morgan fingerprint density at radius 1 is 1.53 bits per heavy atom. The van der Waals surface area contributed by atoms with Crippen LogP contribution in [0.2, 0.25) is 0 Å². The molecule has 5 heteroatoms. The number of ketones is 1. The van der Waals surface area contributed by atoms with Gasteiger partial charge in [-0.25, -0.2) is 0 Å². The minimum absolute atomic E-state index is 0.0597. The quantitative estimate of drug-likeness (QED) is 0.793. The molecular formula is C10H15BrN2O2. The summed E-state index contributed by atoms with van der Waals surface area (Å²) >= 11 is 3.32. The standard InChI is InChI=1S/C10H15BrN2O2/c1-6(2)13-9(8(11)5-12-13)10(14)7(3)15-4/h5-7H,1-4H3. The Kier molecular flexibility index (Phi) is 4.04. The molecule has 0 amide bonds. The number of hydrogen-bond donors (Lipinski definition) is 0. The van der Waals surface area contributed by atoms with Crippen molar-refractivity contribution in [2.24, 2.45) is 0 Å². The summed E-state index contributed by atoms with van der Waals surface area (Å²) in [4.78, 5) is 12.0. The van der Waals surface area contributed by atoms with E-state index in [4.69, 9.17) is 4.74 Å². The van der Waals surface area contributed by atoms with E-state index in [-0.39, 0.29) is 11.8 Å². The van der Waals surface area contributed by atoms with Gasteiger partial charge >= 0.3 is 0 Å². The maximum absolute atomic E-state index is 12.0. The monoisotopic (exact) mass is 274 g/mol. The van der Waals surface area contributed by atoms with Crippen molar-refractivity contribution in [2.45, 2.75) is 32.9 Å². The van der Waals surface area contributed by atoms with E-state index in [2.05, 4.69) is 21.0 Å². The molecule has 0 aliphatic carbocycles. The number of halogens is 1. The fourth-order valence-electron chi connectivity index (χ4n) is 1.26. The minimum atomic E-state index is -0.449. The van der Waals surface area contributed by atoms with Gasteiger partial charge in [0.05, 0.1) is 10.7 Å². The highest BCUT2D eigenvalue weighted by Crippen LogP contribution is 2.21. The average molecular weight is 275 g/mol. The molecule has 0 fully saturated rings. The van der Waals surface area contributed by atoms with Crippen LogP contribution in [0.5, 0.6) is 0 Å². The van der Waals surface area contributed by atoms with E-state index in [1.54, 1.807) is 17.8 Å². The average Bonchev–Trinajstić information content (AvgIpc) is 2.58. The summed E-state index contributed by atoms with van der Waals surface area (Å²) in [6.45, 7) is 5.69. The van der Waals surface area contributed by atoms with Gasteiger partial charge in [-0.05, 0) is 36.7 Å². The summed E-state index contributed by atoms with van der Waals surface area (Å²) in [6.07, 6.45) is 1.19. The van der Waals surface area contributed by atoms with E-state index in [0.717, 1.165) is 0 Å². The molecule has 1 unspecified atom stereocenters. The van der Waals surface area contributed by atoms with Gasteiger partial charge in [0, 0.05) is 13.2 Å². The van der Waals surface area contributed by atoms with Crippen molar-refractivity contribution >= 4 is 21.7 Å². The van der Waals surface area contributed by atoms with Gasteiger partial charge in [0.25, 0.3) is 0 Å². The molecule has 1 aromatic heterocycles. The van der Waals surface area contributed by atoms with Crippen molar-refractivity contribution in [3.8, 4) is 0 Å². The maximum Gasteiger partial charge on any atom is 0.210 e. The number of Topliss-reactive ketones (excluding diaryl/α,β-unsaturated/α-hetero) is 1. The molecule has 0 N–H and O–H groups in total. The van der Waals surface area contributed by atoms with Crippen LogP contribution in [-0.2, 0) is 4.74 Å². The SMILES string of the molecule is COC(C)C(=O)c1c(Br)cnn1C(C)C. The summed E-state index contributed by atoms with van der Waals surface area (Å²) in [6, 6.07) is 0.152. The highest BCUT2D eigenvalue weighted by molar-refractivity contribution is 9.10. The Hall–Kier alpha value is -0.680. The lowest BCUT2D eigenvalue weighted by Crippen LogP contribution is -2.23. The highest BCUT2D eigenvalue weighted by Gasteiger charge is 2.23. The number of hydrogen-bond acceptors (Lipinski definition) is 3. The van der Waals surface area contributed by atoms with Gasteiger partial charge in [0.15, 0.2) is 0 Å². The summed E-state index contributed by atoms with van der Waals surface area (Å²) in [7, 11) is 1.52. The molecule has 0 radical (unpaired) electrons. The van der Waals surface area contributed by atoms with Gasteiger partial charge in [0.1, 0.15) is 11.8 Å². The van der Waals surface area contributed by atoms with E-state index in [0.29, 0.717) is 10.2 Å². The van der Waals surface area contributed by atoms with Gasteiger partial charge in [-0.3, -0.25) is 9.48 Å². The van der Waals surface area contributed by atoms with Crippen LogP contribution < -0.4 is 0 Å². The first-order valence-electron chi connectivity index (χ1n) is 4.79. The lowest BCUT2D eigenvalue weighted by Gasteiger charge is -2.13. The van der Waals surface area contributed by atoms with Gasteiger partial charge < -0.3 is 4.74 Å². The zero-order valence-corrected chi connectivity index (χ0v) is 10.9. The Morgan fingerprint density at radius 3 is 2.60 bits per heavy atom.